The van der Waals surface area contributed by atoms with E-state index in [2.05, 4.69) is 5.32 Å². The number of phenols is 1. The number of carbonyl (C=O) groups excluding carboxylic acids is 1. The molecule has 6 nitrogen and oxygen atoms in total. The SMILES string of the molecule is COc1ccc(CC(NC(C)=O)C(=O)O)c(O)c1. The minimum absolute atomic E-state index is 0.00470. The van der Waals surface area contributed by atoms with Crippen LogP contribution in [0.3, 0.4) is 0 Å². The largest absolute Gasteiger partial charge is 0.508 e. The zero-order chi connectivity index (χ0) is 13.7. The number of aliphatic carboxylic acids is 1. The number of rotatable bonds is 5. The van der Waals surface area contributed by atoms with Crippen molar-refractivity contribution in [1.82, 2.24) is 5.32 Å². The van der Waals surface area contributed by atoms with E-state index >= 15 is 0 Å². The second-order valence-electron chi connectivity index (χ2n) is 3.79. The van der Waals surface area contributed by atoms with Crippen LogP contribution in [0, 0.1) is 0 Å². The Kier molecular flexibility index (Phi) is 4.53. The maximum absolute atomic E-state index is 11.0. The van der Waals surface area contributed by atoms with Gasteiger partial charge in [0.1, 0.15) is 17.5 Å². The molecule has 1 aromatic carbocycles. The summed E-state index contributed by atoms with van der Waals surface area (Å²) in [6.45, 7) is 1.24. The Labute approximate surface area is 104 Å². The first-order valence-electron chi connectivity index (χ1n) is 5.30. The fourth-order valence-electron chi connectivity index (χ4n) is 1.51. The van der Waals surface area contributed by atoms with Crippen LogP contribution in [0.5, 0.6) is 11.5 Å². The monoisotopic (exact) mass is 253 g/mol. The Balaban J connectivity index is 2.87. The molecule has 1 unspecified atom stereocenters. The van der Waals surface area contributed by atoms with Gasteiger partial charge in [-0.3, -0.25) is 4.79 Å². The third-order valence-corrected chi connectivity index (χ3v) is 2.39. The summed E-state index contributed by atoms with van der Waals surface area (Å²) >= 11 is 0. The van der Waals surface area contributed by atoms with Crippen LogP contribution < -0.4 is 10.1 Å². The number of amides is 1. The number of hydrogen-bond acceptors (Lipinski definition) is 4. The number of phenolic OH excluding ortho intramolecular Hbond substituents is 1. The molecule has 0 saturated heterocycles. The van der Waals surface area contributed by atoms with E-state index in [0.717, 1.165) is 0 Å². The van der Waals surface area contributed by atoms with Crippen LogP contribution in [-0.4, -0.2) is 35.2 Å². The summed E-state index contributed by atoms with van der Waals surface area (Å²) in [5, 5.41) is 21.0. The molecule has 1 atom stereocenters. The van der Waals surface area contributed by atoms with Crippen molar-refractivity contribution in [2.75, 3.05) is 7.11 Å². The van der Waals surface area contributed by atoms with Crippen molar-refractivity contribution in [2.45, 2.75) is 19.4 Å². The second kappa shape index (κ2) is 5.90. The molecule has 1 amide bonds. The third kappa shape index (κ3) is 3.65. The molecular weight excluding hydrogens is 238 g/mol. The highest BCUT2D eigenvalue weighted by Gasteiger charge is 2.20. The first-order chi connectivity index (χ1) is 8.43. The van der Waals surface area contributed by atoms with Gasteiger partial charge in [0.2, 0.25) is 5.91 Å². The molecule has 0 bridgehead atoms. The van der Waals surface area contributed by atoms with Gasteiger partial charge in [0, 0.05) is 19.4 Å². The topological polar surface area (TPSA) is 95.9 Å². The maximum atomic E-state index is 11.0. The lowest BCUT2D eigenvalue weighted by molar-refractivity contribution is -0.141. The number of nitrogens with one attached hydrogen (secondary N) is 1. The highest BCUT2D eigenvalue weighted by Crippen LogP contribution is 2.24. The maximum Gasteiger partial charge on any atom is 0.326 e. The quantitative estimate of drug-likeness (QED) is 0.711. The fourth-order valence-corrected chi connectivity index (χ4v) is 1.51. The second-order valence-corrected chi connectivity index (χ2v) is 3.79. The zero-order valence-electron chi connectivity index (χ0n) is 10.1. The van der Waals surface area contributed by atoms with Crippen LogP contribution >= 0.6 is 0 Å². The highest BCUT2D eigenvalue weighted by atomic mass is 16.5. The van der Waals surface area contributed by atoms with E-state index in [0.29, 0.717) is 11.3 Å². The molecule has 1 rings (SSSR count). The molecule has 0 saturated carbocycles. The number of benzene rings is 1. The smallest absolute Gasteiger partial charge is 0.326 e. The number of ether oxygens (including phenoxy) is 1. The molecule has 0 aliphatic carbocycles. The van der Waals surface area contributed by atoms with E-state index in [4.69, 9.17) is 9.84 Å². The number of carbonyl (C=O) groups is 2. The van der Waals surface area contributed by atoms with Gasteiger partial charge in [-0.2, -0.15) is 0 Å². The van der Waals surface area contributed by atoms with Crippen LogP contribution in [0.15, 0.2) is 18.2 Å². The number of hydrogen-bond donors (Lipinski definition) is 3. The molecule has 6 heteroatoms. The van der Waals surface area contributed by atoms with E-state index in [1.807, 2.05) is 0 Å². The van der Waals surface area contributed by atoms with Gasteiger partial charge in [-0.25, -0.2) is 4.79 Å². The normalized spacial score (nSPS) is 11.7. The minimum atomic E-state index is -1.15. The zero-order valence-corrected chi connectivity index (χ0v) is 10.1. The highest BCUT2D eigenvalue weighted by molar-refractivity contribution is 5.82. The van der Waals surface area contributed by atoms with Crippen LogP contribution in [-0.2, 0) is 16.0 Å². The summed E-state index contributed by atoms with van der Waals surface area (Å²) in [6, 6.07) is 3.50. The molecule has 0 fully saturated rings. The lowest BCUT2D eigenvalue weighted by Crippen LogP contribution is -2.41. The van der Waals surface area contributed by atoms with Gasteiger partial charge in [-0.05, 0) is 11.6 Å². The fraction of sp³-hybridized carbons (Fsp3) is 0.333. The Hall–Kier alpha value is -2.24. The number of carboxylic acid groups (broad SMARTS) is 1. The molecular formula is C12H15NO5. The van der Waals surface area contributed by atoms with Gasteiger partial charge in [0.05, 0.1) is 7.11 Å². The standard InChI is InChI=1S/C12H15NO5/c1-7(14)13-10(12(16)17)5-8-3-4-9(18-2)6-11(8)15/h3-4,6,10,15H,5H2,1-2H3,(H,13,14)(H,16,17). The van der Waals surface area contributed by atoms with Crippen LogP contribution in [0.2, 0.25) is 0 Å². The minimum Gasteiger partial charge on any atom is -0.508 e. The predicted octanol–water partition coefficient (Wildman–Crippen LogP) is 0.533. The molecule has 0 spiro atoms. The molecule has 3 N–H and O–H groups in total. The average Bonchev–Trinajstić information content (AvgIpc) is 2.29. The van der Waals surface area contributed by atoms with Crippen molar-refractivity contribution in [3.8, 4) is 11.5 Å². The number of methoxy groups -OCH3 is 1. The summed E-state index contributed by atoms with van der Waals surface area (Å²) in [6.07, 6.45) is 0.00470. The third-order valence-electron chi connectivity index (χ3n) is 2.39. The molecule has 1 aromatic rings. The van der Waals surface area contributed by atoms with Crippen molar-refractivity contribution in [2.24, 2.45) is 0 Å². The Morgan fingerprint density at radius 1 is 1.44 bits per heavy atom. The molecule has 18 heavy (non-hydrogen) atoms. The van der Waals surface area contributed by atoms with Gasteiger partial charge < -0.3 is 20.3 Å². The van der Waals surface area contributed by atoms with Crippen LogP contribution in [0.4, 0.5) is 0 Å². The first kappa shape index (κ1) is 13.8. The van der Waals surface area contributed by atoms with Gasteiger partial charge in [-0.15, -0.1) is 0 Å². The van der Waals surface area contributed by atoms with E-state index in [-0.39, 0.29) is 12.2 Å². The Morgan fingerprint density at radius 3 is 2.56 bits per heavy atom. The molecule has 0 aliphatic rings. The van der Waals surface area contributed by atoms with E-state index < -0.39 is 17.9 Å². The Bertz CT molecular complexity index is 458. The molecule has 0 heterocycles. The van der Waals surface area contributed by atoms with Crippen molar-refractivity contribution in [3.63, 3.8) is 0 Å². The van der Waals surface area contributed by atoms with E-state index in [9.17, 15) is 14.7 Å². The molecule has 0 aliphatic heterocycles. The van der Waals surface area contributed by atoms with Crippen LogP contribution in [0.25, 0.3) is 0 Å². The number of carboxylic acids is 1. The first-order valence-corrected chi connectivity index (χ1v) is 5.30. The Morgan fingerprint density at radius 2 is 2.11 bits per heavy atom. The molecule has 0 aromatic heterocycles. The van der Waals surface area contributed by atoms with Crippen LogP contribution in [0.1, 0.15) is 12.5 Å². The average molecular weight is 253 g/mol. The summed E-state index contributed by atoms with van der Waals surface area (Å²) in [5.74, 6) is -1.18. The lowest BCUT2D eigenvalue weighted by atomic mass is 10.0. The van der Waals surface area contributed by atoms with Gasteiger partial charge in [-0.1, -0.05) is 6.07 Å². The summed E-state index contributed by atoms with van der Waals surface area (Å²) in [5.41, 5.74) is 0.428. The van der Waals surface area contributed by atoms with E-state index in [1.165, 1.54) is 20.1 Å². The molecule has 0 radical (unpaired) electrons. The lowest BCUT2D eigenvalue weighted by Gasteiger charge is -2.14. The van der Waals surface area contributed by atoms with Gasteiger partial charge in [0.15, 0.2) is 0 Å². The number of aromatic hydroxyl groups is 1. The summed E-state index contributed by atoms with van der Waals surface area (Å²) in [4.78, 5) is 21.8. The van der Waals surface area contributed by atoms with Gasteiger partial charge >= 0.3 is 5.97 Å². The summed E-state index contributed by atoms with van der Waals surface area (Å²) < 4.78 is 4.92. The molecule has 98 valence electrons. The van der Waals surface area contributed by atoms with E-state index in [1.54, 1.807) is 12.1 Å². The van der Waals surface area contributed by atoms with Crippen molar-refractivity contribution >= 4 is 11.9 Å². The van der Waals surface area contributed by atoms with Crippen molar-refractivity contribution < 1.29 is 24.5 Å². The van der Waals surface area contributed by atoms with Gasteiger partial charge in [0.25, 0.3) is 0 Å². The van der Waals surface area contributed by atoms with Crippen molar-refractivity contribution in [3.05, 3.63) is 23.8 Å². The summed E-state index contributed by atoms with van der Waals surface area (Å²) in [7, 11) is 1.46. The predicted molar refractivity (Wildman–Crippen MR) is 63.6 cm³/mol. The van der Waals surface area contributed by atoms with Crippen molar-refractivity contribution in [1.29, 1.82) is 0 Å².